The highest BCUT2D eigenvalue weighted by Gasteiger charge is 2.31. The van der Waals surface area contributed by atoms with Crippen LogP contribution < -0.4 is 0 Å². The largest absolute Gasteiger partial charge is 0.459 e. The number of nitrogens with zero attached hydrogens (tertiary/aromatic N) is 3. The van der Waals surface area contributed by atoms with Crippen molar-refractivity contribution in [2.24, 2.45) is 0 Å². The summed E-state index contributed by atoms with van der Waals surface area (Å²) < 4.78 is 45.5. The van der Waals surface area contributed by atoms with Gasteiger partial charge < -0.3 is 4.74 Å². The Morgan fingerprint density at radius 2 is 1.89 bits per heavy atom. The normalized spacial score (nSPS) is 11.1. The van der Waals surface area contributed by atoms with Crippen molar-refractivity contribution in [3.05, 3.63) is 77.6 Å². The zero-order valence-corrected chi connectivity index (χ0v) is 14.5. The number of alkyl halides is 3. The van der Waals surface area contributed by atoms with Gasteiger partial charge in [0.25, 0.3) is 0 Å². The number of carbonyl (C=O) groups excluding carboxylic acids is 1. The SMILES string of the molecule is N#Cc1cc(-c2cnn(CC(=O)OCc3ccccc3)c2)cc(C(F)(F)F)c1. The molecule has 0 radical (unpaired) electrons. The van der Waals surface area contributed by atoms with E-state index in [-0.39, 0.29) is 24.3 Å². The van der Waals surface area contributed by atoms with Gasteiger partial charge in [0, 0.05) is 11.8 Å². The maximum atomic E-state index is 13.0. The number of ether oxygens (including phenoxy) is 1. The summed E-state index contributed by atoms with van der Waals surface area (Å²) in [6.45, 7) is -0.0656. The number of rotatable bonds is 5. The Labute approximate surface area is 158 Å². The van der Waals surface area contributed by atoms with Gasteiger partial charge in [-0.05, 0) is 29.3 Å². The third-order valence-corrected chi connectivity index (χ3v) is 3.89. The Bertz CT molecular complexity index is 1020. The second-order valence-electron chi connectivity index (χ2n) is 5.98. The van der Waals surface area contributed by atoms with E-state index in [1.165, 1.54) is 23.1 Å². The van der Waals surface area contributed by atoms with Crippen molar-refractivity contribution in [2.45, 2.75) is 19.3 Å². The van der Waals surface area contributed by atoms with E-state index in [0.717, 1.165) is 17.7 Å². The molecule has 8 heteroatoms. The first-order chi connectivity index (χ1) is 13.3. The highest BCUT2D eigenvalue weighted by Crippen LogP contribution is 2.33. The van der Waals surface area contributed by atoms with E-state index in [2.05, 4.69) is 5.10 Å². The molecule has 5 nitrogen and oxygen atoms in total. The van der Waals surface area contributed by atoms with E-state index < -0.39 is 17.7 Å². The monoisotopic (exact) mass is 385 g/mol. The predicted molar refractivity (Wildman–Crippen MR) is 93.6 cm³/mol. The second kappa shape index (κ2) is 7.96. The molecule has 0 amide bonds. The van der Waals surface area contributed by atoms with Gasteiger partial charge in [0.2, 0.25) is 0 Å². The summed E-state index contributed by atoms with van der Waals surface area (Å²) in [6, 6.07) is 13.9. The molecular weight excluding hydrogens is 371 g/mol. The molecule has 28 heavy (non-hydrogen) atoms. The van der Waals surface area contributed by atoms with Crippen LogP contribution in [0.3, 0.4) is 0 Å². The molecule has 1 heterocycles. The first kappa shape index (κ1) is 19.2. The Kier molecular flexibility index (Phi) is 5.45. The zero-order chi connectivity index (χ0) is 20.1. The van der Waals surface area contributed by atoms with Crippen molar-refractivity contribution < 1.29 is 22.7 Å². The number of nitriles is 1. The lowest BCUT2D eigenvalue weighted by atomic mass is 10.0. The van der Waals surface area contributed by atoms with Crippen molar-refractivity contribution in [2.75, 3.05) is 0 Å². The van der Waals surface area contributed by atoms with Crippen molar-refractivity contribution in [1.82, 2.24) is 9.78 Å². The van der Waals surface area contributed by atoms with Gasteiger partial charge in [-0.1, -0.05) is 30.3 Å². The molecule has 0 bridgehead atoms. The molecule has 142 valence electrons. The average Bonchev–Trinajstić information content (AvgIpc) is 3.14. The Balaban J connectivity index is 1.72. The van der Waals surface area contributed by atoms with Crippen LogP contribution in [0.1, 0.15) is 16.7 Å². The maximum Gasteiger partial charge on any atom is 0.416 e. The van der Waals surface area contributed by atoms with Crippen LogP contribution in [0, 0.1) is 11.3 Å². The molecule has 0 unspecified atom stereocenters. The lowest BCUT2D eigenvalue weighted by molar-refractivity contribution is -0.146. The third kappa shape index (κ3) is 4.76. The number of halogens is 3. The van der Waals surface area contributed by atoms with Crippen LogP contribution in [0.5, 0.6) is 0 Å². The van der Waals surface area contributed by atoms with Crippen LogP contribution in [0.4, 0.5) is 13.2 Å². The van der Waals surface area contributed by atoms with E-state index in [9.17, 15) is 18.0 Å². The van der Waals surface area contributed by atoms with Gasteiger partial charge in [-0.2, -0.15) is 23.5 Å². The van der Waals surface area contributed by atoms with Crippen LogP contribution in [-0.4, -0.2) is 15.7 Å². The van der Waals surface area contributed by atoms with Gasteiger partial charge >= 0.3 is 12.1 Å². The summed E-state index contributed by atoms with van der Waals surface area (Å²) in [7, 11) is 0. The molecule has 0 spiro atoms. The molecule has 0 atom stereocenters. The van der Waals surface area contributed by atoms with Crippen molar-refractivity contribution in [1.29, 1.82) is 5.26 Å². The quantitative estimate of drug-likeness (QED) is 0.618. The summed E-state index contributed by atoms with van der Waals surface area (Å²) in [5, 5.41) is 13.0. The van der Waals surface area contributed by atoms with Crippen molar-refractivity contribution in [3.8, 4) is 17.2 Å². The molecule has 0 aliphatic carbocycles. The fraction of sp³-hybridized carbons (Fsp3) is 0.150. The summed E-state index contributed by atoms with van der Waals surface area (Å²) >= 11 is 0. The molecule has 0 saturated carbocycles. The maximum absolute atomic E-state index is 13.0. The van der Waals surface area contributed by atoms with Crippen LogP contribution in [0.2, 0.25) is 0 Å². The third-order valence-electron chi connectivity index (χ3n) is 3.89. The second-order valence-corrected chi connectivity index (χ2v) is 5.98. The average molecular weight is 385 g/mol. The van der Waals surface area contributed by atoms with Crippen molar-refractivity contribution in [3.63, 3.8) is 0 Å². The van der Waals surface area contributed by atoms with E-state index >= 15 is 0 Å². The Hall–Kier alpha value is -3.60. The molecule has 0 saturated heterocycles. The predicted octanol–water partition coefficient (Wildman–Crippen LogP) is 4.18. The van der Waals surface area contributed by atoms with E-state index in [4.69, 9.17) is 10.00 Å². The van der Waals surface area contributed by atoms with Crippen LogP contribution in [0.25, 0.3) is 11.1 Å². The highest BCUT2D eigenvalue weighted by atomic mass is 19.4. The highest BCUT2D eigenvalue weighted by molar-refractivity contribution is 5.70. The van der Waals surface area contributed by atoms with Crippen molar-refractivity contribution >= 4 is 5.97 Å². The van der Waals surface area contributed by atoms with Gasteiger partial charge in [0.1, 0.15) is 13.2 Å². The smallest absolute Gasteiger partial charge is 0.416 e. The van der Waals surface area contributed by atoms with Gasteiger partial charge in [0.15, 0.2) is 0 Å². The minimum atomic E-state index is -4.57. The molecular formula is C20H14F3N3O2. The van der Waals surface area contributed by atoms with Gasteiger partial charge in [-0.25, -0.2) is 0 Å². The minimum absolute atomic E-state index is 0.111. The van der Waals surface area contributed by atoms with Gasteiger partial charge in [-0.3, -0.25) is 9.48 Å². The molecule has 2 aromatic carbocycles. The van der Waals surface area contributed by atoms with Gasteiger partial charge in [0.05, 0.1) is 23.4 Å². The Morgan fingerprint density at radius 1 is 1.14 bits per heavy atom. The molecule has 0 N–H and O–H groups in total. The topological polar surface area (TPSA) is 67.9 Å². The summed E-state index contributed by atoms with van der Waals surface area (Å²) in [6.07, 6.45) is -1.81. The molecule has 0 fully saturated rings. The van der Waals surface area contributed by atoms with Gasteiger partial charge in [-0.15, -0.1) is 0 Å². The van der Waals surface area contributed by atoms with Crippen LogP contribution in [-0.2, 0) is 28.9 Å². The lowest BCUT2D eigenvalue weighted by Gasteiger charge is -2.09. The molecule has 3 aromatic rings. The minimum Gasteiger partial charge on any atom is -0.459 e. The summed E-state index contributed by atoms with van der Waals surface area (Å²) in [4.78, 5) is 11.9. The fourth-order valence-electron chi connectivity index (χ4n) is 2.54. The van der Waals surface area contributed by atoms with E-state index in [0.29, 0.717) is 5.56 Å². The number of esters is 1. The number of hydrogen-bond donors (Lipinski definition) is 0. The van der Waals surface area contributed by atoms with E-state index in [1.54, 1.807) is 6.07 Å². The molecule has 0 aliphatic heterocycles. The van der Waals surface area contributed by atoms with Crippen LogP contribution in [0.15, 0.2) is 60.9 Å². The lowest BCUT2D eigenvalue weighted by Crippen LogP contribution is -2.13. The molecule has 3 rings (SSSR count). The Morgan fingerprint density at radius 3 is 2.57 bits per heavy atom. The number of aromatic nitrogens is 2. The number of hydrogen-bond acceptors (Lipinski definition) is 4. The fourth-order valence-corrected chi connectivity index (χ4v) is 2.54. The molecule has 0 aliphatic rings. The first-order valence-corrected chi connectivity index (χ1v) is 8.20. The van der Waals surface area contributed by atoms with Crippen LogP contribution >= 0.6 is 0 Å². The number of benzene rings is 2. The molecule has 1 aromatic heterocycles. The van der Waals surface area contributed by atoms with E-state index in [1.807, 2.05) is 30.3 Å². The zero-order valence-electron chi connectivity index (χ0n) is 14.5. The number of carbonyl (C=O) groups is 1. The summed E-state index contributed by atoms with van der Waals surface area (Å²) in [5.41, 5.74) is 0.357. The standard InChI is InChI=1S/C20H14F3N3O2/c21-20(22,23)18-7-15(9-24)6-16(8-18)17-10-25-26(11-17)12-19(27)28-13-14-4-2-1-3-5-14/h1-8,10-11H,12-13H2. The summed E-state index contributed by atoms with van der Waals surface area (Å²) in [5.74, 6) is -0.528. The first-order valence-electron chi connectivity index (χ1n) is 8.20.